The lowest BCUT2D eigenvalue weighted by Gasteiger charge is -2.29. The van der Waals surface area contributed by atoms with Gasteiger partial charge < -0.3 is 20.1 Å². The molecule has 3 atom stereocenters. The van der Waals surface area contributed by atoms with E-state index in [1.54, 1.807) is 13.8 Å². The van der Waals surface area contributed by atoms with Gasteiger partial charge >= 0.3 is 5.97 Å². The maximum atomic E-state index is 14.4. The smallest absolute Gasteiger partial charge is 0.338 e. The molecule has 0 aromatic rings. The zero-order valence-electron chi connectivity index (χ0n) is 15.9. The lowest BCUT2D eigenvalue weighted by atomic mass is 9.90. The predicted molar refractivity (Wildman–Crippen MR) is 89.2 cm³/mol. The maximum absolute atomic E-state index is 14.4. The van der Waals surface area contributed by atoms with Crippen LogP contribution in [0.5, 0.6) is 0 Å². The van der Waals surface area contributed by atoms with Crippen molar-refractivity contribution in [3.8, 4) is 0 Å². The van der Waals surface area contributed by atoms with Crippen LogP contribution >= 0.6 is 0 Å². The summed E-state index contributed by atoms with van der Waals surface area (Å²) in [7, 11) is 1.36. The molecule has 1 fully saturated rings. The Labute approximate surface area is 148 Å². The molecular formula is C17H29FN2O5. The number of halogens is 1. The van der Waals surface area contributed by atoms with E-state index in [1.165, 1.54) is 20.9 Å². The highest BCUT2D eigenvalue weighted by atomic mass is 19.1. The second kappa shape index (κ2) is 7.68. The average Bonchev–Trinajstić information content (AvgIpc) is 2.72. The van der Waals surface area contributed by atoms with E-state index in [2.05, 4.69) is 10.6 Å². The molecule has 0 spiro atoms. The van der Waals surface area contributed by atoms with Crippen LogP contribution < -0.4 is 10.6 Å². The lowest BCUT2D eigenvalue weighted by molar-refractivity contribution is -0.162. The topological polar surface area (TPSA) is 93.7 Å². The summed E-state index contributed by atoms with van der Waals surface area (Å²) in [6, 6.07) is -1.38. The summed E-state index contributed by atoms with van der Waals surface area (Å²) in [5, 5.41) is 4.76. The van der Waals surface area contributed by atoms with Crippen LogP contribution in [0.25, 0.3) is 0 Å². The number of hydrogen-bond donors (Lipinski definition) is 2. The van der Waals surface area contributed by atoms with E-state index in [4.69, 9.17) is 9.47 Å². The standard InChI is InChI=1S/C17H29FN2O5/c1-9(2)8-10(11-15(23)25-17(5,6)24-11)13(21)20-12(14(22)19-7)16(3,4)18/h9-12H,8H2,1-7H3,(H,19,22)(H,20,21)/t10-,11+,12?/m1/s1. The minimum Gasteiger partial charge on any atom is -0.432 e. The van der Waals surface area contributed by atoms with Crippen LogP contribution in [0.1, 0.15) is 48.0 Å². The van der Waals surface area contributed by atoms with Crippen molar-refractivity contribution in [3.63, 3.8) is 0 Å². The number of rotatable bonds is 7. The van der Waals surface area contributed by atoms with Gasteiger partial charge in [0.25, 0.3) is 0 Å². The first-order valence-electron chi connectivity index (χ1n) is 8.40. The number of cyclic esters (lactones) is 1. The van der Waals surface area contributed by atoms with Crippen LogP contribution in [0.3, 0.4) is 0 Å². The van der Waals surface area contributed by atoms with Crippen molar-refractivity contribution in [2.75, 3.05) is 7.05 Å². The molecule has 1 aliphatic heterocycles. The first-order valence-corrected chi connectivity index (χ1v) is 8.40. The van der Waals surface area contributed by atoms with Gasteiger partial charge in [0.1, 0.15) is 11.7 Å². The van der Waals surface area contributed by atoms with Gasteiger partial charge in [-0.05, 0) is 26.2 Å². The highest BCUT2D eigenvalue weighted by Crippen LogP contribution is 2.31. The van der Waals surface area contributed by atoms with Gasteiger partial charge in [0.05, 0.1) is 5.92 Å². The largest absolute Gasteiger partial charge is 0.432 e. The monoisotopic (exact) mass is 360 g/mol. The number of likely N-dealkylation sites (N-methyl/N-ethyl adjacent to an activating group) is 1. The maximum Gasteiger partial charge on any atom is 0.338 e. The molecule has 1 aliphatic rings. The predicted octanol–water partition coefficient (Wildman–Crippen LogP) is 1.31. The Hall–Kier alpha value is -1.70. The van der Waals surface area contributed by atoms with Crippen molar-refractivity contribution in [3.05, 3.63) is 0 Å². The van der Waals surface area contributed by atoms with Crippen molar-refractivity contribution in [1.82, 2.24) is 10.6 Å². The zero-order chi connectivity index (χ0) is 19.6. The fourth-order valence-corrected chi connectivity index (χ4v) is 2.74. The third kappa shape index (κ3) is 5.66. The van der Waals surface area contributed by atoms with Gasteiger partial charge in [-0.1, -0.05) is 13.8 Å². The third-order valence-electron chi connectivity index (χ3n) is 3.90. The van der Waals surface area contributed by atoms with Crippen LogP contribution in [0, 0.1) is 11.8 Å². The van der Waals surface area contributed by atoms with Gasteiger partial charge in [0.2, 0.25) is 17.6 Å². The summed E-state index contributed by atoms with van der Waals surface area (Å²) in [6.07, 6.45) is -0.764. The van der Waals surface area contributed by atoms with Crippen molar-refractivity contribution >= 4 is 17.8 Å². The molecule has 25 heavy (non-hydrogen) atoms. The second-order valence-electron chi connectivity index (χ2n) is 7.72. The Morgan fingerprint density at radius 2 is 1.84 bits per heavy atom. The third-order valence-corrected chi connectivity index (χ3v) is 3.90. The molecule has 0 saturated carbocycles. The molecule has 0 bridgehead atoms. The van der Waals surface area contributed by atoms with Gasteiger partial charge in [-0.25, -0.2) is 9.18 Å². The summed E-state index contributed by atoms with van der Waals surface area (Å²) in [4.78, 5) is 36.8. The molecule has 1 saturated heterocycles. The average molecular weight is 360 g/mol. The minimum absolute atomic E-state index is 0.0766. The van der Waals surface area contributed by atoms with Crippen molar-refractivity contribution in [1.29, 1.82) is 0 Å². The molecule has 2 N–H and O–H groups in total. The summed E-state index contributed by atoms with van der Waals surface area (Å²) >= 11 is 0. The van der Waals surface area contributed by atoms with Gasteiger partial charge in [0, 0.05) is 20.9 Å². The van der Waals surface area contributed by atoms with E-state index in [0.29, 0.717) is 6.42 Å². The van der Waals surface area contributed by atoms with E-state index in [1.807, 2.05) is 13.8 Å². The first kappa shape index (κ1) is 21.3. The molecule has 1 heterocycles. The number of carbonyl (C=O) groups excluding carboxylic acids is 3. The molecule has 0 aromatic heterocycles. The second-order valence-corrected chi connectivity index (χ2v) is 7.72. The summed E-state index contributed by atoms with van der Waals surface area (Å²) in [5.41, 5.74) is -1.98. The molecule has 0 aromatic carbocycles. The Balaban J connectivity index is 3.04. The van der Waals surface area contributed by atoms with Crippen LogP contribution in [0.15, 0.2) is 0 Å². The van der Waals surface area contributed by atoms with Crippen molar-refractivity contribution < 1.29 is 28.2 Å². The fourth-order valence-electron chi connectivity index (χ4n) is 2.74. The van der Waals surface area contributed by atoms with Crippen molar-refractivity contribution in [2.45, 2.75) is 71.6 Å². The van der Waals surface area contributed by atoms with E-state index in [0.717, 1.165) is 0 Å². The Kier molecular flexibility index (Phi) is 6.55. The Morgan fingerprint density at radius 3 is 2.20 bits per heavy atom. The molecule has 1 unspecified atom stereocenters. The SMILES string of the molecule is CNC(=O)C(NC(=O)[C@H](CC(C)C)[C@@H]1OC(C)(C)OC1=O)C(C)(C)F. The highest BCUT2D eigenvalue weighted by molar-refractivity contribution is 5.92. The Bertz CT molecular complexity index is 528. The molecule has 0 radical (unpaired) electrons. The number of nitrogens with one attached hydrogen (secondary N) is 2. The van der Waals surface area contributed by atoms with E-state index in [9.17, 15) is 18.8 Å². The van der Waals surface area contributed by atoms with Crippen LogP contribution in [-0.2, 0) is 23.9 Å². The lowest BCUT2D eigenvalue weighted by Crippen LogP contribution is -2.57. The number of esters is 1. The minimum atomic E-state index is -1.98. The number of ether oxygens (including phenoxy) is 2. The molecule has 0 aliphatic carbocycles. The van der Waals surface area contributed by atoms with E-state index in [-0.39, 0.29) is 5.92 Å². The van der Waals surface area contributed by atoms with Gasteiger partial charge in [0.15, 0.2) is 6.10 Å². The van der Waals surface area contributed by atoms with Crippen molar-refractivity contribution in [2.24, 2.45) is 11.8 Å². The van der Waals surface area contributed by atoms with Crippen LogP contribution in [0.2, 0.25) is 0 Å². The molecule has 1 rings (SSSR count). The summed E-state index contributed by atoms with van der Waals surface area (Å²) in [5.74, 6) is -3.85. The summed E-state index contributed by atoms with van der Waals surface area (Å²) < 4.78 is 25.0. The quantitative estimate of drug-likeness (QED) is 0.668. The van der Waals surface area contributed by atoms with Crippen LogP contribution in [-0.4, -0.2) is 48.4 Å². The molecule has 8 heteroatoms. The van der Waals surface area contributed by atoms with Crippen LogP contribution in [0.4, 0.5) is 4.39 Å². The molecule has 2 amide bonds. The van der Waals surface area contributed by atoms with E-state index >= 15 is 0 Å². The Morgan fingerprint density at radius 1 is 1.28 bits per heavy atom. The summed E-state index contributed by atoms with van der Waals surface area (Å²) in [6.45, 7) is 9.34. The fraction of sp³-hybridized carbons (Fsp3) is 0.824. The molecule has 144 valence electrons. The number of amides is 2. The normalized spacial score (nSPS) is 22.3. The van der Waals surface area contributed by atoms with Gasteiger partial charge in [-0.3, -0.25) is 9.59 Å². The number of hydrogen-bond acceptors (Lipinski definition) is 5. The first-order chi connectivity index (χ1) is 11.3. The number of carbonyl (C=O) groups is 3. The van der Waals surface area contributed by atoms with E-state index < -0.39 is 47.3 Å². The number of alkyl halides is 1. The highest BCUT2D eigenvalue weighted by Gasteiger charge is 2.48. The van der Waals surface area contributed by atoms with Gasteiger partial charge in [-0.2, -0.15) is 0 Å². The molecule has 7 nitrogen and oxygen atoms in total. The molecular weight excluding hydrogens is 331 g/mol. The van der Waals surface area contributed by atoms with Gasteiger partial charge in [-0.15, -0.1) is 0 Å². The zero-order valence-corrected chi connectivity index (χ0v) is 15.9.